The summed E-state index contributed by atoms with van der Waals surface area (Å²) in [5, 5.41) is 23.8. The van der Waals surface area contributed by atoms with Crippen molar-refractivity contribution in [1.82, 2.24) is 24.2 Å². The van der Waals surface area contributed by atoms with Gasteiger partial charge >= 0.3 is 0 Å². The van der Waals surface area contributed by atoms with Crippen molar-refractivity contribution in [3.8, 4) is 17.3 Å². The second-order valence-electron chi connectivity index (χ2n) is 9.12. The number of aliphatic hydroxyl groups is 1. The topological polar surface area (TPSA) is 100.0 Å². The first-order valence-electron chi connectivity index (χ1n) is 11.3. The molecule has 8 nitrogen and oxygen atoms in total. The maximum absolute atomic E-state index is 13.4. The van der Waals surface area contributed by atoms with E-state index in [1.54, 1.807) is 30.0 Å². The lowest BCUT2D eigenvalue weighted by Gasteiger charge is -2.35. The highest BCUT2D eigenvalue weighted by Gasteiger charge is 2.46. The zero-order valence-corrected chi connectivity index (χ0v) is 18.9. The Morgan fingerprint density at radius 1 is 1.31 bits per heavy atom. The van der Waals surface area contributed by atoms with Crippen LogP contribution in [-0.2, 0) is 12.1 Å². The summed E-state index contributed by atoms with van der Waals surface area (Å²) in [6.45, 7) is 0.240. The number of amides is 1. The Balaban J connectivity index is 1.44. The smallest absolute Gasteiger partial charge is 0.276 e. The normalized spacial score (nSPS) is 19.3. The van der Waals surface area contributed by atoms with Gasteiger partial charge in [0.05, 0.1) is 47.8 Å². The van der Waals surface area contributed by atoms with Gasteiger partial charge in [-0.2, -0.15) is 10.4 Å². The van der Waals surface area contributed by atoms with E-state index in [-0.39, 0.29) is 30.7 Å². The third-order valence-electron chi connectivity index (χ3n) is 6.55. The fourth-order valence-corrected chi connectivity index (χ4v) is 4.55. The summed E-state index contributed by atoms with van der Waals surface area (Å²) in [6.07, 6.45) is -0.136. The molecule has 11 heteroatoms. The number of nitrogens with zero attached hydrogens (tertiary/aromatic N) is 6. The fraction of sp³-hybridized carbons (Fsp3) is 0.417. The molecular formula is C24H23F3N6O2. The molecule has 5 rings (SSSR count). The minimum atomic E-state index is -3.35. The molecule has 0 saturated heterocycles. The number of nitriles is 1. The van der Waals surface area contributed by atoms with Gasteiger partial charge in [0.15, 0.2) is 5.69 Å². The lowest BCUT2D eigenvalue weighted by atomic mass is 10.0. The molecule has 2 atom stereocenters. The zero-order chi connectivity index (χ0) is 24.9. The summed E-state index contributed by atoms with van der Waals surface area (Å²) in [7, 11) is 0. The van der Waals surface area contributed by atoms with E-state index in [0.717, 1.165) is 24.1 Å². The van der Waals surface area contributed by atoms with E-state index in [1.807, 2.05) is 16.8 Å². The van der Waals surface area contributed by atoms with Crippen LogP contribution in [0.2, 0.25) is 0 Å². The summed E-state index contributed by atoms with van der Waals surface area (Å²) in [4.78, 5) is 18.9. The molecule has 2 aromatic heterocycles. The number of imidazole rings is 1. The van der Waals surface area contributed by atoms with Crippen LogP contribution in [0.4, 0.5) is 13.2 Å². The van der Waals surface area contributed by atoms with Crippen LogP contribution in [0.5, 0.6) is 0 Å². The van der Waals surface area contributed by atoms with Crippen LogP contribution in [-0.4, -0.2) is 54.9 Å². The molecule has 0 spiro atoms. The largest absolute Gasteiger partial charge is 0.374 e. The molecule has 1 fully saturated rings. The van der Waals surface area contributed by atoms with Crippen LogP contribution in [0.1, 0.15) is 59.4 Å². The molecule has 1 aromatic carbocycles. The highest BCUT2D eigenvalue weighted by molar-refractivity contribution is 5.93. The lowest BCUT2D eigenvalue weighted by Crippen LogP contribution is -2.45. The quantitative estimate of drug-likeness (QED) is 0.577. The van der Waals surface area contributed by atoms with Gasteiger partial charge in [0.1, 0.15) is 12.5 Å². The van der Waals surface area contributed by atoms with Gasteiger partial charge in [0, 0.05) is 6.54 Å². The van der Waals surface area contributed by atoms with E-state index in [1.165, 1.54) is 10.8 Å². The maximum atomic E-state index is 13.4. The number of hydrogen-bond donors (Lipinski definition) is 1. The Bertz CT molecular complexity index is 1310. The SMILES string of the molecule is CC1CN(C(=O)c2cc(-c3ccc(C#N)cc3)n(C3CC3)n2)Cc2cnc(C(O)(CF)C(F)F)n21. The molecule has 182 valence electrons. The highest BCUT2D eigenvalue weighted by Crippen LogP contribution is 2.39. The first-order valence-corrected chi connectivity index (χ1v) is 11.3. The molecule has 2 aliphatic rings. The van der Waals surface area contributed by atoms with E-state index in [4.69, 9.17) is 5.26 Å². The fourth-order valence-electron chi connectivity index (χ4n) is 4.55. The standard InChI is InChI=1S/C24H23F3N6O2/c1-14-11-31(12-18-10-29-23(32(14)18)24(35,13-25)22(26)27)21(34)19-8-20(33(30-19)17-6-7-17)16-4-2-15(9-28)3-5-16/h2-5,8,10,14,17,22,35H,6-7,11-13H2,1H3. The van der Waals surface area contributed by atoms with Gasteiger partial charge in [-0.25, -0.2) is 18.2 Å². The summed E-state index contributed by atoms with van der Waals surface area (Å²) >= 11 is 0. The summed E-state index contributed by atoms with van der Waals surface area (Å²) in [5.41, 5.74) is -0.166. The third kappa shape index (κ3) is 3.87. The first kappa shape index (κ1) is 23.1. The molecular weight excluding hydrogens is 461 g/mol. The molecule has 35 heavy (non-hydrogen) atoms. The van der Waals surface area contributed by atoms with Crippen molar-refractivity contribution in [2.75, 3.05) is 13.2 Å². The first-order chi connectivity index (χ1) is 16.8. The number of carbonyl (C=O) groups is 1. The minimum absolute atomic E-state index is 0.0598. The minimum Gasteiger partial charge on any atom is -0.374 e. The Hall–Kier alpha value is -3.65. The average Bonchev–Trinajstić information content (AvgIpc) is 3.45. The van der Waals surface area contributed by atoms with E-state index < -0.39 is 30.6 Å². The van der Waals surface area contributed by atoms with Crippen LogP contribution in [0, 0.1) is 11.3 Å². The molecule has 1 amide bonds. The zero-order valence-electron chi connectivity index (χ0n) is 18.9. The molecule has 1 aliphatic carbocycles. The third-order valence-corrected chi connectivity index (χ3v) is 6.55. The molecule has 1 saturated carbocycles. The van der Waals surface area contributed by atoms with E-state index in [9.17, 15) is 23.1 Å². The number of hydrogen-bond acceptors (Lipinski definition) is 5. The Morgan fingerprint density at radius 3 is 2.63 bits per heavy atom. The van der Waals surface area contributed by atoms with Crippen molar-refractivity contribution in [3.05, 3.63) is 59.3 Å². The molecule has 0 radical (unpaired) electrons. The second kappa shape index (κ2) is 8.53. The summed E-state index contributed by atoms with van der Waals surface area (Å²) < 4.78 is 43.5. The van der Waals surface area contributed by atoms with Gasteiger partial charge in [0.25, 0.3) is 12.3 Å². The van der Waals surface area contributed by atoms with Gasteiger partial charge in [0.2, 0.25) is 5.60 Å². The Labute approximate surface area is 199 Å². The number of halogens is 3. The van der Waals surface area contributed by atoms with Crippen LogP contribution < -0.4 is 0 Å². The van der Waals surface area contributed by atoms with Crippen molar-refractivity contribution in [2.24, 2.45) is 0 Å². The van der Waals surface area contributed by atoms with Crippen LogP contribution in [0.15, 0.2) is 36.5 Å². The number of fused-ring (bicyclic) bond motifs is 1. The van der Waals surface area contributed by atoms with Gasteiger partial charge < -0.3 is 14.6 Å². The number of aromatic nitrogens is 4. The molecule has 3 aromatic rings. The molecule has 1 N–H and O–H groups in total. The van der Waals surface area contributed by atoms with E-state index in [0.29, 0.717) is 11.3 Å². The van der Waals surface area contributed by atoms with Crippen molar-refractivity contribution in [2.45, 2.75) is 50.4 Å². The monoisotopic (exact) mass is 484 g/mol. The predicted molar refractivity (Wildman–Crippen MR) is 118 cm³/mol. The van der Waals surface area contributed by atoms with Crippen LogP contribution in [0.3, 0.4) is 0 Å². The summed E-state index contributed by atoms with van der Waals surface area (Å²) in [6, 6.07) is 10.6. The number of carbonyl (C=O) groups excluding carboxylic acids is 1. The summed E-state index contributed by atoms with van der Waals surface area (Å²) in [5.74, 6) is -0.763. The van der Waals surface area contributed by atoms with E-state index in [2.05, 4.69) is 16.2 Å². The number of alkyl halides is 3. The Kier molecular flexibility index (Phi) is 5.63. The average molecular weight is 484 g/mol. The second-order valence-corrected chi connectivity index (χ2v) is 9.12. The van der Waals surface area contributed by atoms with Crippen molar-refractivity contribution in [3.63, 3.8) is 0 Å². The van der Waals surface area contributed by atoms with Crippen molar-refractivity contribution in [1.29, 1.82) is 5.26 Å². The number of benzene rings is 1. The van der Waals surface area contributed by atoms with Gasteiger partial charge in [-0.1, -0.05) is 12.1 Å². The molecule has 0 bridgehead atoms. The molecule has 3 heterocycles. The maximum Gasteiger partial charge on any atom is 0.276 e. The number of rotatable bonds is 6. The van der Waals surface area contributed by atoms with E-state index >= 15 is 0 Å². The lowest BCUT2D eigenvalue weighted by molar-refractivity contribution is -0.122. The Morgan fingerprint density at radius 2 is 2.03 bits per heavy atom. The van der Waals surface area contributed by atoms with Crippen LogP contribution >= 0.6 is 0 Å². The van der Waals surface area contributed by atoms with Crippen LogP contribution in [0.25, 0.3) is 11.3 Å². The molecule has 1 aliphatic heterocycles. The van der Waals surface area contributed by atoms with Gasteiger partial charge in [-0.3, -0.25) is 9.48 Å². The van der Waals surface area contributed by atoms with Gasteiger partial charge in [-0.05, 0) is 43.5 Å². The highest BCUT2D eigenvalue weighted by atomic mass is 19.3. The molecule has 2 unspecified atom stereocenters. The van der Waals surface area contributed by atoms with Crippen molar-refractivity contribution >= 4 is 5.91 Å². The predicted octanol–water partition coefficient (Wildman–Crippen LogP) is 3.59. The van der Waals surface area contributed by atoms with Gasteiger partial charge in [-0.15, -0.1) is 0 Å². The van der Waals surface area contributed by atoms with Crippen molar-refractivity contribution < 1.29 is 23.1 Å².